The molecule has 448 valence electrons. The first-order valence-electron chi connectivity index (χ1n) is 28.8. The number of carbonyl (C=O) groups is 2. The van der Waals surface area contributed by atoms with Crippen LogP contribution in [0.1, 0.15) is 54.1 Å². The molecule has 2 fully saturated rings. The molecule has 8 aromatic carbocycles. The normalized spacial score (nSPS) is 23.1. The van der Waals surface area contributed by atoms with Crippen molar-refractivity contribution in [3.05, 3.63) is 281 Å². The van der Waals surface area contributed by atoms with Gasteiger partial charge in [0.25, 0.3) is 17.7 Å². The molecule has 0 aromatic heterocycles. The number of fused-ring (bicyclic) bond motifs is 1. The lowest BCUT2D eigenvalue weighted by molar-refractivity contribution is -0.365. The lowest BCUT2D eigenvalue weighted by Crippen LogP contribution is -2.69. The van der Waals surface area contributed by atoms with Crippen LogP contribution in [0.3, 0.4) is 0 Å². The number of amides is 2. The molecule has 0 spiro atoms. The summed E-state index contributed by atoms with van der Waals surface area (Å²) in [6, 6.07) is 68.4. The van der Waals surface area contributed by atoms with Crippen molar-refractivity contribution < 1.29 is 70.1 Å². The van der Waals surface area contributed by atoms with E-state index in [4.69, 9.17) is 47.4 Å². The summed E-state index contributed by atoms with van der Waals surface area (Å²) in [6.45, 7) is -0.151. The average molecular weight is 1180 g/mol. The molecule has 0 aliphatic carbocycles. The third kappa shape index (κ3) is 15.7. The number of halogens is 3. The maximum absolute atomic E-state index is 15.6. The van der Waals surface area contributed by atoms with Crippen molar-refractivity contribution in [2.45, 2.75) is 107 Å². The van der Waals surface area contributed by atoms with Crippen LogP contribution in [0.5, 0.6) is 0 Å². The van der Waals surface area contributed by atoms with E-state index in [2.05, 4.69) is 4.99 Å². The Balaban J connectivity index is 1.06. The number of nitrogens with zero attached hydrogens (tertiary/aromatic N) is 2. The summed E-state index contributed by atoms with van der Waals surface area (Å²) in [4.78, 5) is 34.8. The highest BCUT2D eigenvalue weighted by molar-refractivity contribution is 6.21. The zero-order valence-corrected chi connectivity index (χ0v) is 47.4. The first kappa shape index (κ1) is 60.5. The largest absolute Gasteiger partial charge is 0.468 e. The lowest BCUT2D eigenvalue weighted by Gasteiger charge is -2.51. The van der Waals surface area contributed by atoms with E-state index in [0.29, 0.717) is 5.56 Å². The molecule has 14 nitrogen and oxygen atoms in total. The number of rotatable bonds is 25. The van der Waals surface area contributed by atoms with E-state index in [9.17, 15) is 0 Å². The predicted molar refractivity (Wildman–Crippen MR) is 316 cm³/mol. The standard InChI is InChI=1S/C70H65F3N2O12/c71-70(72,73)69(74-54-36-20-7-21-37-54)87-67-59(75-65(76)55-38-22-23-39-56(55)66(75)77)62(81-43-51-30-14-4-15-31-51)61(58(84-67)47-79-41-49-26-10-2-11-27-49)86-68-64(83-45-53-34-18-6-19-35-53)63(82-44-52-32-16-5-17-33-52)60(80-42-50-28-12-3-13-29-50)57(85-68)46-78-40-48-24-8-1-9-25-48/h1-39,57-64,67-68H,40-47H2/t57-,58-,59-,60+,61-,62-,63+,64-,67+,68+/m1/s1. The van der Waals surface area contributed by atoms with E-state index in [0.717, 1.165) is 32.7 Å². The Labute approximate surface area is 502 Å². The van der Waals surface area contributed by atoms with Gasteiger partial charge in [-0.3, -0.25) is 14.5 Å². The van der Waals surface area contributed by atoms with Gasteiger partial charge in [-0.05, 0) is 57.6 Å². The van der Waals surface area contributed by atoms with Gasteiger partial charge in [0, 0.05) is 0 Å². The maximum Gasteiger partial charge on any atom is 0.468 e. The molecule has 11 rings (SSSR count). The molecule has 10 atom stereocenters. The quantitative estimate of drug-likeness (QED) is 0.0305. The number of alkyl halides is 3. The van der Waals surface area contributed by atoms with Gasteiger partial charge in [-0.1, -0.05) is 212 Å². The number of benzene rings is 8. The van der Waals surface area contributed by atoms with Crippen LogP contribution >= 0.6 is 0 Å². The first-order valence-corrected chi connectivity index (χ1v) is 28.8. The molecule has 0 unspecified atom stereocenters. The van der Waals surface area contributed by atoms with Crippen LogP contribution < -0.4 is 0 Å². The summed E-state index contributed by atoms with van der Waals surface area (Å²) in [7, 11) is 0. The second-order valence-corrected chi connectivity index (χ2v) is 21.1. The van der Waals surface area contributed by atoms with Crippen molar-refractivity contribution in [1.82, 2.24) is 4.90 Å². The van der Waals surface area contributed by atoms with E-state index in [1.54, 1.807) is 42.5 Å². The van der Waals surface area contributed by atoms with Crippen molar-refractivity contribution in [3.8, 4) is 0 Å². The van der Waals surface area contributed by atoms with Gasteiger partial charge in [-0.2, -0.15) is 13.2 Å². The van der Waals surface area contributed by atoms with Crippen molar-refractivity contribution in [2.75, 3.05) is 13.2 Å². The molecule has 8 aromatic rings. The Morgan fingerprint density at radius 3 is 1.17 bits per heavy atom. The highest BCUT2D eigenvalue weighted by Gasteiger charge is 2.59. The number of para-hydroxylation sites is 1. The second kappa shape index (κ2) is 29.5. The molecular formula is C70H65F3N2O12. The van der Waals surface area contributed by atoms with Crippen LogP contribution in [0.2, 0.25) is 0 Å². The van der Waals surface area contributed by atoms with Gasteiger partial charge in [0.2, 0.25) is 6.29 Å². The Morgan fingerprint density at radius 1 is 0.402 bits per heavy atom. The van der Waals surface area contributed by atoms with E-state index in [1.165, 1.54) is 36.4 Å². The average Bonchev–Trinajstić information content (AvgIpc) is 1.82. The van der Waals surface area contributed by atoms with Gasteiger partial charge in [-0.15, -0.1) is 0 Å². The fourth-order valence-electron chi connectivity index (χ4n) is 10.8. The van der Waals surface area contributed by atoms with Gasteiger partial charge in [0.05, 0.1) is 69.7 Å². The van der Waals surface area contributed by atoms with Gasteiger partial charge >= 0.3 is 6.18 Å². The summed E-state index contributed by atoms with van der Waals surface area (Å²) in [5.41, 5.74) is 4.75. The summed E-state index contributed by atoms with van der Waals surface area (Å²) < 4.78 is 115. The van der Waals surface area contributed by atoms with Crippen LogP contribution in [-0.2, 0) is 87.0 Å². The fraction of sp³-hybridized carbons (Fsp3) is 0.271. The van der Waals surface area contributed by atoms with E-state index < -0.39 is 85.2 Å². The minimum atomic E-state index is -5.23. The number of hydrogen-bond donors (Lipinski definition) is 0. The number of carbonyl (C=O) groups excluding carboxylic acids is 2. The Hall–Kier alpha value is -8.20. The molecule has 87 heavy (non-hydrogen) atoms. The van der Waals surface area contributed by atoms with Gasteiger partial charge in [0.15, 0.2) is 6.29 Å². The first-order chi connectivity index (χ1) is 42.6. The SMILES string of the molecule is O=C1c2ccccc2C(=O)N1[C@H]1[C@H](OC(=Nc2ccccc2)C(F)(F)F)O[C@H](COCc2ccccc2)[C@@H](O[C@@H]2O[C@H](COCc3ccccc3)[C@H](OCc3ccccc3)[C@H](OCc3ccccc3)[C@H]2OCc2ccccc2)[C@@H]1OCc1ccccc1. The molecule has 2 amide bonds. The van der Waals surface area contributed by atoms with E-state index in [-0.39, 0.29) is 69.7 Å². The lowest BCUT2D eigenvalue weighted by atomic mass is 9.93. The van der Waals surface area contributed by atoms with Crippen LogP contribution in [-0.4, -0.2) is 103 Å². The van der Waals surface area contributed by atoms with Crippen LogP contribution in [0.25, 0.3) is 0 Å². The number of imide groups is 1. The number of ether oxygens (including phenoxy) is 10. The molecule has 0 N–H and O–H groups in total. The molecule has 17 heteroatoms. The molecule has 3 heterocycles. The number of hydrogen-bond acceptors (Lipinski definition) is 13. The van der Waals surface area contributed by atoms with Crippen molar-refractivity contribution >= 4 is 23.4 Å². The van der Waals surface area contributed by atoms with Crippen molar-refractivity contribution in [2.24, 2.45) is 4.99 Å². The highest BCUT2D eigenvalue weighted by Crippen LogP contribution is 2.40. The number of aliphatic imine (C=N–C) groups is 1. The molecule has 0 bridgehead atoms. The third-order valence-electron chi connectivity index (χ3n) is 15.0. The summed E-state index contributed by atoms with van der Waals surface area (Å²) in [6.07, 6.45) is -17.4. The molecule has 3 aliphatic rings. The third-order valence-corrected chi connectivity index (χ3v) is 15.0. The molecular weight excluding hydrogens is 1120 g/mol. The zero-order chi connectivity index (χ0) is 59.8. The van der Waals surface area contributed by atoms with E-state index >= 15 is 22.8 Å². The Kier molecular flexibility index (Phi) is 20.5. The fourth-order valence-corrected chi connectivity index (χ4v) is 10.8. The monoisotopic (exact) mass is 1180 g/mol. The molecule has 3 aliphatic heterocycles. The van der Waals surface area contributed by atoms with Gasteiger partial charge in [-0.25, -0.2) is 4.99 Å². The summed E-state index contributed by atoms with van der Waals surface area (Å²) in [5.74, 6) is -3.38. The predicted octanol–water partition coefficient (Wildman–Crippen LogP) is 12.6. The minimum absolute atomic E-state index is 0.00567. The summed E-state index contributed by atoms with van der Waals surface area (Å²) >= 11 is 0. The highest BCUT2D eigenvalue weighted by atomic mass is 19.4. The molecule has 0 saturated carbocycles. The second-order valence-electron chi connectivity index (χ2n) is 21.1. The van der Waals surface area contributed by atoms with Crippen LogP contribution in [0, 0.1) is 0 Å². The topological polar surface area (TPSA) is 142 Å². The van der Waals surface area contributed by atoms with Crippen LogP contribution in [0.4, 0.5) is 18.9 Å². The Bertz CT molecular complexity index is 3420. The van der Waals surface area contributed by atoms with E-state index in [1.807, 2.05) is 158 Å². The van der Waals surface area contributed by atoms with Crippen molar-refractivity contribution in [1.29, 1.82) is 0 Å². The van der Waals surface area contributed by atoms with Gasteiger partial charge in [0.1, 0.15) is 48.8 Å². The minimum Gasteiger partial charge on any atom is -0.442 e. The van der Waals surface area contributed by atoms with Gasteiger partial charge < -0.3 is 47.4 Å². The summed E-state index contributed by atoms with van der Waals surface area (Å²) in [5, 5.41) is 0. The molecule has 2 saturated heterocycles. The zero-order valence-electron chi connectivity index (χ0n) is 47.4. The maximum atomic E-state index is 15.6. The van der Waals surface area contributed by atoms with Crippen LogP contribution in [0.15, 0.2) is 242 Å². The van der Waals surface area contributed by atoms with Crippen molar-refractivity contribution in [3.63, 3.8) is 0 Å². The smallest absolute Gasteiger partial charge is 0.442 e. The Morgan fingerprint density at radius 2 is 0.747 bits per heavy atom. The molecule has 0 radical (unpaired) electrons.